The van der Waals surface area contributed by atoms with Crippen molar-refractivity contribution in [1.82, 2.24) is 14.3 Å². The second-order valence-corrected chi connectivity index (χ2v) is 7.59. The fraction of sp³-hybridized carbons (Fsp3) is 0.294. The number of hydrogen-bond acceptors (Lipinski definition) is 5. The number of anilines is 1. The van der Waals surface area contributed by atoms with E-state index in [4.69, 9.17) is 4.42 Å². The first-order valence-electron chi connectivity index (χ1n) is 8.18. The lowest BCUT2D eigenvalue weighted by atomic mass is 10.2. The Morgan fingerprint density at radius 2 is 2.04 bits per heavy atom. The Kier molecular flexibility index (Phi) is 4.84. The minimum atomic E-state index is -3.76. The maximum atomic E-state index is 12.7. The second kappa shape index (κ2) is 6.93. The molecule has 0 saturated heterocycles. The van der Waals surface area contributed by atoms with Crippen LogP contribution in [0.25, 0.3) is 11.0 Å². The average molecular weight is 376 g/mol. The molecule has 2 heterocycles. The number of aromatic nitrogens is 2. The predicted molar refractivity (Wildman–Crippen MR) is 97.7 cm³/mol. The van der Waals surface area contributed by atoms with E-state index in [1.807, 2.05) is 35.8 Å². The summed E-state index contributed by atoms with van der Waals surface area (Å²) in [5.74, 6) is 0.155. The summed E-state index contributed by atoms with van der Waals surface area (Å²) < 4.78 is 33.0. The van der Waals surface area contributed by atoms with Crippen LogP contribution in [0, 0.1) is 6.92 Å². The molecule has 0 saturated carbocycles. The minimum absolute atomic E-state index is 0.147. The van der Waals surface area contributed by atoms with Gasteiger partial charge in [0, 0.05) is 12.6 Å². The van der Waals surface area contributed by atoms with Crippen LogP contribution in [-0.2, 0) is 16.6 Å². The van der Waals surface area contributed by atoms with Crippen LogP contribution in [0.4, 0.5) is 5.95 Å². The molecule has 0 unspecified atom stereocenters. The van der Waals surface area contributed by atoms with E-state index in [2.05, 4.69) is 15.0 Å². The van der Waals surface area contributed by atoms with Crippen LogP contribution in [-0.4, -0.2) is 30.9 Å². The summed E-state index contributed by atoms with van der Waals surface area (Å²) in [5.41, 5.74) is 1.85. The van der Waals surface area contributed by atoms with Crippen LogP contribution in [0.1, 0.15) is 29.5 Å². The Morgan fingerprint density at radius 3 is 2.73 bits per heavy atom. The number of rotatable bonds is 6. The molecular formula is C17H20N4O4S. The fourth-order valence-corrected chi connectivity index (χ4v) is 3.41. The molecule has 0 radical (unpaired) electrons. The van der Waals surface area contributed by atoms with Gasteiger partial charge in [-0.1, -0.05) is 19.1 Å². The molecule has 138 valence electrons. The maximum absolute atomic E-state index is 12.7. The third kappa shape index (κ3) is 3.23. The number of amides is 1. The van der Waals surface area contributed by atoms with Gasteiger partial charge >= 0.3 is 0 Å². The highest BCUT2D eigenvalue weighted by molar-refractivity contribution is 7.89. The van der Waals surface area contributed by atoms with Crippen molar-refractivity contribution >= 4 is 32.9 Å². The molecule has 0 bridgehead atoms. The summed E-state index contributed by atoms with van der Waals surface area (Å²) in [5, 5.41) is 2.46. The van der Waals surface area contributed by atoms with Crippen molar-refractivity contribution in [2.75, 3.05) is 12.4 Å². The van der Waals surface area contributed by atoms with Gasteiger partial charge in [-0.25, -0.2) is 18.1 Å². The number of carbonyl (C=O) groups is 1. The number of fused-ring (bicyclic) bond motifs is 1. The monoisotopic (exact) mass is 376 g/mol. The Bertz CT molecular complexity index is 1070. The number of hydrogen-bond donors (Lipinski definition) is 2. The lowest BCUT2D eigenvalue weighted by Gasteiger charge is -2.08. The molecule has 9 heteroatoms. The SMILES string of the molecule is CCCn1c(NC(=O)c2cc(S(=O)(=O)NC)oc2C)nc2ccccc21. The molecule has 0 spiro atoms. The van der Waals surface area contributed by atoms with Crippen LogP contribution >= 0.6 is 0 Å². The summed E-state index contributed by atoms with van der Waals surface area (Å²) >= 11 is 0. The fourth-order valence-electron chi connectivity index (χ4n) is 2.70. The van der Waals surface area contributed by atoms with E-state index < -0.39 is 15.9 Å². The van der Waals surface area contributed by atoms with Crippen molar-refractivity contribution in [1.29, 1.82) is 0 Å². The third-order valence-corrected chi connectivity index (χ3v) is 5.27. The number of imidazole rings is 1. The van der Waals surface area contributed by atoms with Crippen molar-refractivity contribution in [2.45, 2.75) is 31.9 Å². The molecule has 2 N–H and O–H groups in total. The van der Waals surface area contributed by atoms with E-state index in [1.165, 1.54) is 13.1 Å². The molecular weight excluding hydrogens is 356 g/mol. The Balaban J connectivity index is 1.96. The zero-order chi connectivity index (χ0) is 18.9. The zero-order valence-corrected chi connectivity index (χ0v) is 15.6. The van der Waals surface area contributed by atoms with E-state index in [0.717, 1.165) is 17.5 Å². The van der Waals surface area contributed by atoms with Crippen molar-refractivity contribution in [3.63, 3.8) is 0 Å². The number of nitrogens with zero attached hydrogens (tertiary/aromatic N) is 2. The molecule has 0 aliphatic carbocycles. The molecule has 0 fully saturated rings. The van der Waals surface area contributed by atoms with Gasteiger partial charge in [0.15, 0.2) is 0 Å². The highest BCUT2D eigenvalue weighted by Crippen LogP contribution is 2.23. The topological polar surface area (TPSA) is 106 Å². The highest BCUT2D eigenvalue weighted by Gasteiger charge is 2.23. The summed E-state index contributed by atoms with van der Waals surface area (Å²) in [6.07, 6.45) is 0.874. The van der Waals surface area contributed by atoms with Gasteiger partial charge in [0.2, 0.25) is 11.0 Å². The van der Waals surface area contributed by atoms with Crippen LogP contribution in [0.5, 0.6) is 0 Å². The number of carbonyl (C=O) groups excluding carboxylic acids is 1. The molecule has 2 aromatic heterocycles. The molecule has 3 aromatic rings. The molecule has 0 aliphatic heterocycles. The van der Waals surface area contributed by atoms with Gasteiger partial charge in [-0.2, -0.15) is 0 Å². The number of para-hydroxylation sites is 2. The average Bonchev–Trinajstić information content (AvgIpc) is 3.17. The number of aryl methyl sites for hydroxylation is 2. The number of benzene rings is 1. The van der Waals surface area contributed by atoms with Crippen molar-refractivity contribution in [3.8, 4) is 0 Å². The van der Waals surface area contributed by atoms with E-state index >= 15 is 0 Å². The molecule has 26 heavy (non-hydrogen) atoms. The molecule has 3 rings (SSSR count). The van der Waals surface area contributed by atoms with E-state index in [1.54, 1.807) is 6.92 Å². The first-order valence-corrected chi connectivity index (χ1v) is 9.66. The van der Waals surface area contributed by atoms with Gasteiger partial charge in [-0.05, 0) is 32.5 Å². The largest absolute Gasteiger partial charge is 0.448 e. The van der Waals surface area contributed by atoms with Crippen molar-refractivity contribution < 1.29 is 17.6 Å². The molecule has 0 aliphatic rings. The molecule has 0 atom stereocenters. The van der Waals surface area contributed by atoms with Gasteiger partial charge in [-0.3, -0.25) is 10.1 Å². The lowest BCUT2D eigenvalue weighted by molar-refractivity contribution is 0.102. The lowest BCUT2D eigenvalue weighted by Crippen LogP contribution is -2.18. The first-order chi connectivity index (χ1) is 12.4. The number of furan rings is 1. The van der Waals surface area contributed by atoms with E-state index in [0.29, 0.717) is 12.5 Å². The zero-order valence-electron chi connectivity index (χ0n) is 14.7. The number of nitrogens with one attached hydrogen (secondary N) is 2. The van der Waals surface area contributed by atoms with Crippen molar-refractivity contribution in [2.24, 2.45) is 0 Å². The van der Waals surface area contributed by atoms with Crippen LogP contribution in [0.15, 0.2) is 39.8 Å². The molecule has 1 amide bonds. The first kappa shape index (κ1) is 18.2. The summed E-state index contributed by atoms with van der Waals surface area (Å²) in [4.78, 5) is 17.1. The van der Waals surface area contributed by atoms with Crippen molar-refractivity contribution in [3.05, 3.63) is 41.7 Å². The second-order valence-electron chi connectivity index (χ2n) is 5.77. The van der Waals surface area contributed by atoms with Crippen LogP contribution in [0.2, 0.25) is 0 Å². The van der Waals surface area contributed by atoms with Gasteiger partial charge < -0.3 is 8.98 Å². The minimum Gasteiger partial charge on any atom is -0.448 e. The van der Waals surface area contributed by atoms with E-state index in [-0.39, 0.29) is 16.4 Å². The van der Waals surface area contributed by atoms with Gasteiger partial charge in [0.25, 0.3) is 15.9 Å². The maximum Gasteiger partial charge on any atom is 0.273 e. The summed E-state index contributed by atoms with van der Waals surface area (Å²) in [6.45, 7) is 4.27. The highest BCUT2D eigenvalue weighted by atomic mass is 32.2. The molecule has 8 nitrogen and oxygen atoms in total. The normalized spacial score (nSPS) is 11.8. The molecule has 1 aromatic carbocycles. The Morgan fingerprint density at radius 1 is 1.31 bits per heavy atom. The number of sulfonamides is 1. The van der Waals surface area contributed by atoms with Gasteiger partial charge in [-0.15, -0.1) is 0 Å². The summed E-state index contributed by atoms with van der Waals surface area (Å²) in [6, 6.07) is 8.82. The van der Waals surface area contributed by atoms with Gasteiger partial charge in [0.1, 0.15) is 5.76 Å². The van der Waals surface area contributed by atoms with Crippen LogP contribution < -0.4 is 10.0 Å². The standard InChI is InChI=1S/C17H20N4O4S/c1-4-9-21-14-8-6-5-7-13(14)19-17(21)20-16(22)12-10-15(25-11(12)2)26(23,24)18-3/h5-8,10,18H,4,9H2,1-3H3,(H,19,20,22). The smallest absolute Gasteiger partial charge is 0.273 e. The summed E-state index contributed by atoms with van der Waals surface area (Å²) in [7, 11) is -2.48. The quantitative estimate of drug-likeness (QED) is 0.687. The van der Waals surface area contributed by atoms with Crippen LogP contribution in [0.3, 0.4) is 0 Å². The predicted octanol–water partition coefficient (Wildman–Crippen LogP) is 2.51. The van der Waals surface area contributed by atoms with Gasteiger partial charge in [0.05, 0.1) is 16.6 Å². The van der Waals surface area contributed by atoms with E-state index in [9.17, 15) is 13.2 Å². The Labute approximate surface area is 151 Å². The third-order valence-electron chi connectivity index (χ3n) is 4.00. The Hall–Kier alpha value is -2.65.